The predicted molar refractivity (Wildman–Crippen MR) is 41.1 cm³/mol. The summed E-state index contributed by atoms with van der Waals surface area (Å²) in [6, 6.07) is 0. The van der Waals surface area contributed by atoms with Gasteiger partial charge in [0.25, 0.3) is 0 Å². The third-order valence-electron chi connectivity index (χ3n) is 1.07. The summed E-state index contributed by atoms with van der Waals surface area (Å²) in [5.41, 5.74) is 0. The van der Waals surface area contributed by atoms with Gasteiger partial charge >= 0.3 is 50.3 Å². The van der Waals surface area contributed by atoms with Gasteiger partial charge in [-0.1, -0.05) is 0 Å². The van der Waals surface area contributed by atoms with Crippen molar-refractivity contribution in [2.75, 3.05) is 26.2 Å². The van der Waals surface area contributed by atoms with Crippen molar-refractivity contribution in [1.82, 2.24) is 0 Å². The van der Waals surface area contributed by atoms with Crippen LogP contribution in [0.1, 0.15) is 6.92 Å². The molecule has 0 unspecified atom stereocenters. The van der Waals surface area contributed by atoms with Crippen LogP contribution >= 0.6 is 17.2 Å². The molecule has 0 atom stereocenters. The van der Waals surface area contributed by atoms with Crippen LogP contribution < -0.4 is 0 Å². The summed E-state index contributed by atoms with van der Waals surface area (Å²) in [4.78, 5) is 0. The first kappa shape index (κ1) is 7.72. The monoisotopic (exact) mass is 140 g/mol. The van der Waals surface area contributed by atoms with Crippen molar-refractivity contribution in [1.29, 1.82) is 0 Å². The van der Waals surface area contributed by atoms with Gasteiger partial charge in [0.05, 0.1) is 0 Å². The van der Waals surface area contributed by atoms with E-state index in [0.29, 0.717) is 0 Å². The van der Waals surface area contributed by atoms with Crippen molar-refractivity contribution in [2.24, 2.45) is 0 Å². The van der Waals surface area contributed by atoms with Crippen LogP contribution in [0.15, 0.2) is 0 Å². The first-order valence-electron chi connectivity index (χ1n) is 2.53. The van der Waals surface area contributed by atoms with Gasteiger partial charge in [0, 0.05) is 0 Å². The van der Waals surface area contributed by atoms with Gasteiger partial charge in [0.1, 0.15) is 0 Å². The molecule has 0 aliphatic rings. The van der Waals surface area contributed by atoms with E-state index in [9.17, 15) is 0 Å². The molecule has 0 aromatic rings. The molecule has 46 valence electrons. The van der Waals surface area contributed by atoms with Crippen molar-refractivity contribution < 1.29 is 0 Å². The second-order valence-electron chi connectivity index (χ2n) is 3.23. The van der Waals surface area contributed by atoms with E-state index >= 15 is 0 Å². The summed E-state index contributed by atoms with van der Waals surface area (Å²) >= 11 is 6.10. The Morgan fingerprint density at radius 3 is 1.43 bits per heavy atom. The average Bonchev–Trinajstić information content (AvgIpc) is 1.32. The Balaban J connectivity index is 3.83. The molecule has 2 heteroatoms. The van der Waals surface area contributed by atoms with Gasteiger partial charge in [-0.15, -0.1) is 0 Å². The summed E-state index contributed by atoms with van der Waals surface area (Å²) < 4.78 is 0. The summed E-state index contributed by atoms with van der Waals surface area (Å²) in [6.45, 7) is 8.62. The van der Waals surface area contributed by atoms with E-state index in [4.69, 9.17) is 11.2 Å². The van der Waals surface area contributed by atoms with E-state index in [2.05, 4.69) is 26.9 Å². The summed E-state index contributed by atoms with van der Waals surface area (Å²) in [5.74, 6) is -1.60. The second-order valence-corrected chi connectivity index (χ2v) is 13.5. The normalized spacial score (nSPS) is 18.1. The maximum absolute atomic E-state index is 6.10. The van der Waals surface area contributed by atoms with E-state index < -0.39 is 5.96 Å². The summed E-state index contributed by atoms with van der Waals surface area (Å²) in [5, 5.41) is 0. The molecular formula is C5H14ClP. The van der Waals surface area contributed by atoms with Crippen LogP contribution in [0, 0.1) is 0 Å². The molecule has 0 aromatic carbocycles. The fourth-order valence-electron chi connectivity index (χ4n) is 0. The van der Waals surface area contributed by atoms with Gasteiger partial charge in [-0.25, -0.2) is 0 Å². The minimum atomic E-state index is -1.60. The molecule has 0 radical (unpaired) electrons. The Morgan fingerprint density at radius 1 is 1.29 bits per heavy atom. The first-order chi connectivity index (χ1) is 2.81. The molecule has 0 aromatic heterocycles. The molecule has 0 bridgehead atoms. The number of halogens is 1. The van der Waals surface area contributed by atoms with Gasteiger partial charge < -0.3 is 0 Å². The van der Waals surface area contributed by atoms with E-state index in [1.165, 1.54) is 0 Å². The zero-order valence-electron chi connectivity index (χ0n) is 5.53. The zero-order chi connectivity index (χ0) is 6.15. The van der Waals surface area contributed by atoms with Crippen LogP contribution in [-0.2, 0) is 0 Å². The van der Waals surface area contributed by atoms with E-state index in [-0.39, 0.29) is 0 Å². The molecule has 0 fully saturated rings. The van der Waals surface area contributed by atoms with Gasteiger partial charge in [0.15, 0.2) is 0 Å². The molecular weight excluding hydrogens is 126 g/mol. The van der Waals surface area contributed by atoms with Crippen LogP contribution in [0.5, 0.6) is 0 Å². The Morgan fingerprint density at radius 2 is 1.43 bits per heavy atom. The Bertz CT molecular complexity index is 60.6. The van der Waals surface area contributed by atoms with E-state index in [1.54, 1.807) is 0 Å². The third kappa shape index (κ3) is 6.72. The number of hydrogen-bond donors (Lipinski definition) is 0. The number of hydrogen-bond acceptors (Lipinski definition) is 0. The third-order valence-corrected chi connectivity index (χ3v) is 3.92. The molecule has 0 saturated heterocycles. The topological polar surface area (TPSA) is 0 Å². The van der Waals surface area contributed by atoms with Crippen molar-refractivity contribution in [2.45, 2.75) is 6.92 Å². The van der Waals surface area contributed by atoms with Crippen LogP contribution in [-0.4, -0.2) is 26.2 Å². The molecule has 0 amide bonds. The van der Waals surface area contributed by atoms with E-state index in [1.807, 2.05) is 0 Å². The quantitative estimate of drug-likeness (QED) is 0.491. The van der Waals surface area contributed by atoms with Crippen LogP contribution in [0.4, 0.5) is 0 Å². The standard InChI is InChI=1S/C5H14ClP/c1-5-7(2,3,4)6/h5H2,1-4H3. The first-order valence-corrected chi connectivity index (χ1v) is 7.20. The molecule has 0 rings (SSSR count). The van der Waals surface area contributed by atoms with Gasteiger partial charge in [-0.3, -0.25) is 0 Å². The predicted octanol–water partition coefficient (Wildman–Crippen LogP) is 2.60. The maximum atomic E-state index is 6.10. The molecule has 0 N–H and O–H groups in total. The molecule has 0 spiro atoms. The minimum absolute atomic E-state index is 1.13. The Labute approximate surface area is 51.0 Å². The summed E-state index contributed by atoms with van der Waals surface area (Å²) in [6.07, 6.45) is 1.13. The fraction of sp³-hybridized carbons (Fsp3) is 1.00. The molecule has 0 saturated carbocycles. The number of rotatable bonds is 1. The Kier molecular flexibility index (Phi) is 1.77. The molecule has 0 nitrogen and oxygen atoms in total. The van der Waals surface area contributed by atoms with Gasteiger partial charge in [0.2, 0.25) is 0 Å². The molecule has 0 aliphatic heterocycles. The second kappa shape index (κ2) is 1.60. The fourth-order valence-corrected chi connectivity index (χ4v) is 0. The van der Waals surface area contributed by atoms with Crippen LogP contribution in [0.3, 0.4) is 0 Å². The van der Waals surface area contributed by atoms with Crippen molar-refractivity contribution in [3.63, 3.8) is 0 Å². The molecule has 7 heavy (non-hydrogen) atoms. The zero-order valence-corrected chi connectivity index (χ0v) is 7.18. The van der Waals surface area contributed by atoms with Crippen LogP contribution in [0.2, 0.25) is 0 Å². The van der Waals surface area contributed by atoms with Crippen molar-refractivity contribution in [3.05, 3.63) is 0 Å². The Hall–Kier alpha value is 0.720. The van der Waals surface area contributed by atoms with Gasteiger partial charge in [-0.05, 0) is 0 Å². The SMILES string of the molecule is CCP(C)(C)(C)Cl. The van der Waals surface area contributed by atoms with E-state index in [0.717, 1.165) is 6.16 Å². The summed E-state index contributed by atoms with van der Waals surface area (Å²) in [7, 11) is 0. The molecule has 0 heterocycles. The van der Waals surface area contributed by atoms with Crippen LogP contribution in [0.25, 0.3) is 0 Å². The molecule has 0 aliphatic carbocycles. The van der Waals surface area contributed by atoms with Crippen molar-refractivity contribution >= 4 is 17.2 Å². The van der Waals surface area contributed by atoms with Crippen molar-refractivity contribution in [3.8, 4) is 0 Å². The van der Waals surface area contributed by atoms with Gasteiger partial charge in [-0.2, -0.15) is 0 Å². The average molecular weight is 141 g/mol.